The molecule has 0 aliphatic carbocycles. The first-order valence-electron chi connectivity index (χ1n) is 8.09. The number of rotatable bonds is 6. The van der Waals surface area contributed by atoms with Crippen molar-refractivity contribution in [2.75, 3.05) is 0 Å². The van der Waals surface area contributed by atoms with E-state index < -0.39 is 29.0 Å². The fourth-order valence-corrected chi connectivity index (χ4v) is 2.72. The van der Waals surface area contributed by atoms with Gasteiger partial charge in [-0.1, -0.05) is 0 Å². The highest BCUT2D eigenvalue weighted by Gasteiger charge is 2.32. The molecule has 3 rings (SSSR count). The molecule has 11 nitrogen and oxygen atoms in total. The van der Waals surface area contributed by atoms with Gasteiger partial charge in [-0.25, -0.2) is 14.6 Å². The van der Waals surface area contributed by atoms with E-state index in [1.807, 2.05) is 0 Å². The van der Waals surface area contributed by atoms with Crippen LogP contribution in [-0.2, 0) is 32.8 Å². The maximum Gasteiger partial charge on any atom is 0.333 e. The van der Waals surface area contributed by atoms with Crippen molar-refractivity contribution in [1.29, 1.82) is 0 Å². The highest BCUT2D eigenvalue weighted by Crippen LogP contribution is 2.13. The molecule has 0 saturated carbocycles. The highest BCUT2D eigenvalue weighted by molar-refractivity contribution is 6.01. The summed E-state index contributed by atoms with van der Waals surface area (Å²) in [6, 6.07) is 0. The summed E-state index contributed by atoms with van der Waals surface area (Å²) in [4.78, 5) is 70.2. The van der Waals surface area contributed by atoms with Gasteiger partial charge in [-0.05, 0) is 12.8 Å². The van der Waals surface area contributed by atoms with E-state index in [-0.39, 0.29) is 37.0 Å². The number of carbonyl (C=O) groups excluding carboxylic acids is 3. The molecule has 2 amide bonds. The number of hydrogen-bond acceptors (Lipinski definition) is 7. The molecule has 0 radical (unpaired) electrons. The number of aromatic nitrogens is 4. The van der Waals surface area contributed by atoms with Crippen molar-refractivity contribution in [3.05, 3.63) is 27.2 Å². The van der Waals surface area contributed by atoms with Crippen molar-refractivity contribution in [3.8, 4) is 0 Å². The lowest BCUT2D eigenvalue weighted by molar-refractivity contribution is -0.197. The molecular weight excluding hydrogens is 346 g/mol. The van der Waals surface area contributed by atoms with Gasteiger partial charge in [0.1, 0.15) is 5.52 Å². The summed E-state index contributed by atoms with van der Waals surface area (Å²) in [6.45, 7) is 0.253. The first kappa shape index (κ1) is 17.6. The van der Waals surface area contributed by atoms with E-state index in [9.17, 15) is 24.0 Å². The largest absolute Gasteiger partial charge is 0.339 e. The summed E-state index contributed by atoms with van der Waals surface area (Å²) in [5.74, 6) is -1.74. The molecule has 2 aromatic rings. The number of hydrogen-bond donors (Lipinski definition) is 1. The van der Waals surface area contributed by atoms with E-state index in [2.05, 4.69) is 9.97 Å². The summed E-state index contributed by atoms with van der Waals surface area (Å²) in [5.41, 5.74) is -0.459. The molecule has 1 N–H and O–H groups in total. The number of imidazole rings is 1. The van der Waals surface area contributed by atoms with E-state index in [0.29, 0.717) is 17.9 Å². The predicted octanol–water partition coefficient (Wildman–Crippen LogP) is -0.799. The second-order valence-electron chi connectivity index (χ2n) is 5.90. The monoisotopic (exact) mass is 363 g/mol. The molecular formula is C15H17N5O6. The summed E-state index contributed by atoms with van der Waals surface area (Å²) in [6.07, 6.45) is 2.22. The zero-order valence-corrected chi connectivity index (χ0v) is 14.1. The SMILES string of the molecule is Cn1c(=O)c2[nH]cnc2n(CCCCC(=O)ON2C(=O)CCC2=O)c1=O. The van der Waals surface area contributed by atoms with Crippen LogP contribution < -0.4 is 11.2 Å². The van der Waals surface area contributed by atoms with Gasteiger partial charge in [-0.3, -0.25) is 23.5 Å². The van der Waals surface area contributed by atoms with E-state index in [1.54, 1.807) is 0 Å². The number of nitrogens with zero attached hydrogens (tertiary/aromatic N) is 4. The standard InChI is InChI=1S/C15H17N5O6/c1-18-14(24)12-13(17-8-16-12)19(15(18)25)7-3-2-4-11(23)26-20-9(21)5-6-10(20)22/h8H,2-7H2,1H3,(H,16,17). The van der Waals surface area contributed by atoms with Crippen LogP contribution in [-0.4, -0.2) is 41.9 Å². The lowest BCUT2D eigenvalue weighted by Gasteiger charge is -2.12. The Morgan fingerprint density at radius 2 is 1.88 bits per heavy atom. The number of unbranched alkanes of at least 4 members (excludes halogenated alkanes) is 1. The minimum absolute atomic E-state index is 0.0126. The number of carbonyl (C=O) groups is 3. The third-order valence-electron chi connectivity index (χ3n) is 4.12. The van der Waals surface area contributed by atoms with Crippen molar-refractivity contribution in [2.45, 2.75) is 38.6 Å². The molecule has 26 heavy (non-hydrogen) atoms. The zero-order chi connectivity index (χ0) is 18.8. The Morgan fingerprint density at radius 3 is 2.58 bits per heavy atom. The van der Waals surface area contributed by atoms with Crippen molar-refractivity contribution in [1.82, 2.24) is 24.2 Å². The van der Waals surface area contributed by atoms with Crippen LogP contribution in [0.5, 0.6) is 0 Å². The molecule has 2 aromatic heterocycles. The smallest absolute Gasteiger partial charge is 0.333 e. The Hall–Kier alpha value is -3.24. The van der Waals surface area contributed by atoms with E-state index in [1.165, 1.54) is 17.9 Å². The lowest BCUT2D eigenvalue weighted by atomic mass is 10.2. The van der Waals surface area contributed by atoms with Crippen LogP contribution in [0.1, 0.15) is 32.1 Å². The molecule has 0 bridgehead atoms. The molecule has 1 saturated heterocycles. The molecule has 3 heterocycles. The van der Waals surface area contributed by atoms with Crippen molar-refractivity contribution in [3.63, 3.8) is 0 Å². The number of aromatic amines is 1. The maximum absolute atomic E-state index is 12.2. The number of imide groups is 1. The van der Waals surface area contributed by atoms with Gasteiger partial charge in [-0.15, -0.1) is 5.06 Å². The average Bonchev–Trinajstić information content (AvgIpc) is 3.21. The fraction of sp³-hybridized carbons (Fsp3) is 0.467. The quantitative estimate of drug-likeness (QED) is 0.524. The van der Waals surface area contributed by atoms with Gasteiger partial charge in [0.15, 0.2) is 5.65 Å². The Morgan fingerprint density at radius 1 is 1.19 bits per heavy atom. The van der Waals surface area contributed by atoms with Gasteiger partial charge in [-0.2, -0.15) is 0 Å². The number of H-pyrrole nitrogens is 1. The van der Waals surface area contributed by atoms with Crippen LogP contribution in [0.2, 0.25) is 0 Å². The van der Waals surface area contributed by atoms with Gasteiger partial charge in [0.05, 0.1) is 6.33 Å². The van der Waals surface area contributed by atoms with Gasteiger partial charge in [0.25, 0.3) is 17.4 Å². The first-order chi connectivity index (χ1) is 12.4. The maximum atomic E-state index is 12.2. The highest BCUT2D eigenvalue weighted by atomic mass is 16.7. The van der Waals surface area contributed by atoms with Crippen LogP contribution in [0.3, 0.4) is 0 Å². The van der Waals surface area contributed by atoms with Crippen molar-refractivity contribution >= 4 is 28.9 Å². The molecule has 0 aromatic carbocycles. The van der Waals surface area contributed by atoms with Crippen molar-refractivity contribution in [2.24, 2.45) is 7.05 Å². The first-order valence-corrected chi connectivity index (χ1v) is 8.09. The summed E-state index contributed by atoms with van der Waals surface area (Å²) >= 11 is 0. The topological polar surface area (TPSA) is 136 Å². The zero-order valence-electron chi connectivity index (χ0n) is 14.1. The molecule has 0 unspecified atom stereocenters. The normalized spacial score (nSPS) is 14.4. The third-order valence-corrected chi connectivity index (χ3v) is 4.12. The second kappa shape index (κ2) is 6.94. The number of amides is 2. The van der Waals surface area contributed by atoms with Gasteiger partial charge >= 0.3 is 11.7 Å². The fourth-order valence-electron chi connectivity index (χ4n) is 2.72. The Kier molecular flexibility index (Phi) is 4.69. The van der Waals surface area contributed by atoms with Gasteiger partial charge in [0, 0.05) is 32.9 Å². The number of aryl methyl sites for hydroxylation is 1. The Labute approximate surface area is 146 Å². The molecule has 11 heteroatoms. The minimum Gasteiger partial charge on any atom is -0.339 e. The molecule has 1 aliphatic heterocycles. The van der Waals surface area contributed by atoms with Crippen LogP contribution in [0.15, 0.2) is 15.9 Å². The minimum atomic E-state index is -0.689. The van der Waals surface area contributed by atoms with Crippen LogP contribution in [0, 0.1) is 0 Å². The van der Waals surface area contributed by atoms with E-state index in [4.69, 9.17) is 4.84 Å². The summed E-state index contributed by atoms with van der Waals surface area (Å²) in [7, 11) is 1.38. The summed E-state index contributed by atoms with van der Waals surface area (Å²) in [5, 5.41) is 0.507. The average molecular weight is 363 g/mol. The second-order valence-corrected chi connectivity index (χ2v) is 5.90. The summed E-state index contributed by atoms with van der Waals surface area (Å²) < 4.78 is 2.34. The predicted molar refractivity (Wildman–Crippen MR) is 86.6 cm³/mol. The van der Waals surface area contributed by atoms with Gasteiger partial charge in [0.2, 0.25) is 0 Å². The number of hydroxylamine groups is 2. The third kappa shape index (κ3) is 3.15. The van der Waals surface area contributed by atoms with Crippen LogP contribution >= 0.6 is 0 Å². The Balaban J connectivity index is 1.58. The number of nitrogens with one attached hydrogen (secondary N) is 1. The lowest BCUT2D eigenvalue weighted by Crippen LogP contribution is -2.38. The molecule has 138 valence electrons. The van der Waals surface area contributed by atoms with Gasteiger partial charge < -0.3 is 9.82 Å². The van der Waals surface area contributed by atoms with Crippen LogP contribution in [0.25, 0.3) is 11.2 Å². The molecule has 1 aliphatic rings. The molecule has 0 atom stereocenters. The number of fused-ring (bicyclic) bond motifs is 1. The molecule has 0 spiro atoms. The Bertz CT molecular complexity index is 984. The van der Waals surface area contributed by atoms with Crippen molar-refractivity contribution < 1.29 is 19.2 Å². The van der Waals surface area contributed by atoms with E-state index in [0.717, 1.165) is 4.57 Å². The van der Waals surface area contributed by atoms with E-state index >= 15 is 0 Å². The molecule has 1 fully saturated rings. The van der Waals surface area contributed by atoms with Crippen LogP contribution in [0.4, 0.5) is 0 Å².